The van der Waals surface area contributed by atoms with Crippen molar-refractivity contribution in [1.82, 2.24) is 4.90 Å². The molecule has 0 aromatic heterocycles. The van der Waals surface area contributed by atoms with E-state index in [0.29, 0.717) is 12.0 Å². The van der Waals surface area contributed by atoms with Crippen LogP contribution in [0.3, 0.4) is 0 Å². The van der Waals surface area contributed by atoms with Crippen LogP contribution < -0.4 is 0 Å². The summed E-state index contributed by atoms with van der Waals surface area (Å²) >= 11 is 4.31. The summed E-state index contributed by atoms with van der Waals surface area (Å²) in [5, 5.41) is 0. The number of carbonyl (C=O) groups excluding carboxylic acids is 1. The number of nitrogens with zero attached hydrogens (tertiary/aromatic N) is 1. The van der Waals surface area contributed by atoms with Crippen LogP contribution in [0.1, 0.15) is 37.8 Å². The Hall–Kier alpha value is -1.03. The maximum Gasteiger partial charge on any atom is 0.223 e. The molecule has 1 unspecified atom stereocenters. The zero-order valence-corrected chi connectivity index (χ0v) is 12.3. The lowest BCUT2D eigenvalue weighted by Crippen LogP contribution is -2.32. The van der Waals surface area contributed by atoms with Gasteiger partial charge in [-0.1, -0.05) is 18.2 Å². The van der Waals surface area contributed by atoms with Crippen molar-refractivity contribution in [3.63, 3.8) is 0 Å². The van der Waals surface area contributed by atoms with Crippen LogP contribution in [0.25, 0.3) is 0 Å². The van der Waals surface area contributed by atoms with Gasteiger partial charge in [0, 0.05) is 19.0 Å². The van der Waals surface area contributed by atoms with Gasteiger partial charge in [-0.15, -0.1) is 0 Å². The molecule has 0 radical (unpaired) electrons. The Bertz CT molecular complexity index is 473. The molecule has 0 saturated heterocycles. The smallest absolute Gasteiger partial charge is 0.223 e. The van der Waals surface area contributed by atoms with Crippen molar-refractivity contribution < 1.29 is 9.18 Å². The molecule has 1 saturated carbocycles. The predicted molar refractivity (Wildman–Crippen MR) is 77.7 cm³/mol. The van der Waals surface area contributed by atoms with Crippen LogP contribution in [-0.4, -0.2) is 23.6 Å². The molecule has 2 rings (SSSR count). The number of rotatable bonds is 5. The van der Waals surface area contributed by atoms with E-state index in [1.165, 1.54) is 6.07 Å². The Balaban J connectivity index is 2.05. The first-order valence-electron chi connectivity index (χ1n) is 6.60. The molecule has 0 spiro atoms. The topological polar surface area (TPSA) is 20.3 Å². The van der Waals surface area contributed by atoms with Crippen molar-refractivity contribution >= 4 is 18.5 Å². The van der Waals surface area contributed by atoms with E-state index in [2.05, 4.69) is 12.6 Å². The lowest BCUT2D eigenvalue weighted by Gasteiger charge is -2.27. The number of halogens is 1. The number of thiol groups is 1. The number of hydrogen-bond acceptors (Lipinski definition) is 2. The average molecular weight is 281 g/mol. The van der Waals surface area contributed by atoms with Crippen molar-refractivity contribution in [3.05, 3.63) is 35.6 Å². The number of carbonyl (C=O) groups is 1. The summed E-state index contributed by atoms with van der Waals surface area (Å²) in [6.07, 6.45) is 2.67. The predicted octanol–water partition coefficient (Wildman–Crippen LogP) is 3.45. The second kappa shape index (κ2) is 5.53. The average Bonchev–Trinajstić information content (AvgIpc) is 3.18. The van der Waals surface area contributed by atoms with Crippen molar-refractivity contribution in [2.75, 3.05) is 12.8 Å². The van der Waals surface area contributed by atoms with Crippen LogP contribution in [-0.2, 0) is 4.79 Å². The second-order valence-electron chi connectivity index (χ2n) is 5.54. The fourth-order valence-electron chi connectivity index (χ4n) is 2.25. The van der Waals surface area contributed by atoms with E-state index >= 15 is 0 Å². The molecule has 2 nitrogen and oxygen atoms in total. The van der Waals surface area contributed by atoms with E-state index in [0.717, 1.165) is 18.6 Å². The van der Waals surface area contributed by atoms with E-state index in [1.807, 2.05) is 6.92 Å². The van der Waals surface area contributed by atoms with Gasteiger partial charge in [-0.25, -0.2) is 4.39 Å². The van der Waals surface area contributed by atoms with E-state index in [9.17, 15) is 9.18 Å². The molecule has 1 aromatic rings. The van der Waals surface area contributed by atoms with Gasteiger partial charge in [0.25, 0.3) is 0 Å². The highest BCUT2D eigenvalue weighted by atomic mass is 32.1. The van der Waals surface area contributed by atoms with Gasteiger partial charge >= 0.3 is 0 Å². The summed E-state index contributed by atoms with van der Waals surface area (Å²) in [5.74, 6) is 0.563. The molecule has 1 amide bonds. The van der Waals surface area contributed by atoms with Crippen molar-refractivity contribution in [1.29, 1.82) is 0 Å². The van der Waals surface area contributed by atoms with Crippen LogP contribution in [0.15, 0.2) is 24.3 Å². The van der Waals surface area contributed by atoms with Crippen molar-refractivity contribution in [2.45, 2.75) is 32.2 Å². The summed E-state index contributed by atoms with van der Waals surface area (Å²) in [6.45, 7) is 1.86. The Morgan fingerprint density at radius 3 is 2.63 bits per heavy atom. The Morgan fingerprint density at radius 2 is 2.11 bits per heavy atom. The van der Waals surface area contributed by atoms with Gasteiger partial charge in [0.05, 0.1) is 6.04 Å². The number of benzene rings is 1. The van der Waals surface area contributed by atoms with Gasteiger partial charge in [-0.2, -0.15) is 12.6 Å². The molecule has 0 N–H and O–H groups in total. The molecular formula is C15H20FNOS. The highest BCUT2D eigenvalue weighted by molar-refractivity contribution is 7.80. The fraction of sp³-hybridized carbons (Fsp3) is 0.533. The maximum absolute atomic E-state index is 13.7. The normalized spacial score (nSPS) is 17.9. The monoisotopic (exact) mass is 281 g/mol. The molecular weight excluding hydrogens is 261 g/mol. The maximum atomic E-state index is 13.7. The first kappa shape index (κ1) is 14.4. The highest BCUT2D eigenvalue weighted by Gasteiger charge is 2.43. The molecule has 4 heteroatoms. The van der Waals surface area contributed by atoms with Crippen molar-refractivity contribution in [2.24, 2.45) is 5.41 Å². The molecule has 1 aliphatic carbocycles. The van der Waals surface area contributed by atoms with Gasteiger partial charge in [0.15, 0.2) is 0 Å². The van der Waals surface area contributed by atoms with Crippen LogP contribution in [0.2, 0.25) is 0 Å². The summed E-state index contributed by atoms with van der Waals surface area (Å²) in [5.41, 5.74) is 0.665. The molecule has 1 aliphatic rings. The number of amides is 1. The quantitative estimate of drug-likeness (QED) is 0.820. The van der Waals surface area contributed by atoms with Gasteiger partial charge < -0.3 is 4.90 Å². The third-order valence-electron chi connectivity index (χ3n) is 4.15. The summed E-state index contributed by atoms with van der Waals surface area (Å²) in [6, 6.07) is 6.37. The van der Waals surface area contributed by atoms with Gasteiger partial charge in [-0.05, 0) is 37.0 Å². The van der Waals surface area contributed by atoms with Crippen molar-refractivity contribution in [3.8, 4) is 0 Å². The minimum atomic E-state index is -0.259. The van der Waals surface area contributed by atoms with E-state index < -0.39 is 0 Å². The third-order valence-corrected chi connectivity index (χ3v) is 4.82. The highest BCUT2D eigenvalue weighted by Crippen LogP contribution is 2.50. The third kappa shape index (κ3) is 3.11. The zero-order valence-electron chi connectivity index (χ0n) is 11.4. The molecule has 19 heavy (non-hydrogen) atoms. The van der Waals surface area contributed by atoms with E-state index in [1.54, 1.807) is 30.1 Å². The first-order chi connectivity index (χ1) is 8.99. The van der Waals surface area contributed by atoms with Crippen LogP contribution >= 0.6 is 12.6 Å². The Labute approximate surface area is 119 Å². The van der Waals surface area contributed by atoms with E-state index in [-0.39, 0.29) is 23.2 Å². The standard InChI is InChI=1S/C15H20FNOS/c1-11(12-5-3-4-6-13(12)16)17(2)14(18)9-15(10-19)7-8-15/h3-6,11,19H,7-10H2,1-2H3. The minimum absolute atomic E-state index is 0.0716. The SMILES string of the molecule is CC(c1ccccc1F)N(C)C(=O)CC1(CS)CC1. The van der Waals surface area contributed by atoms with Gasteiger partial charge in [0.1, 0.15) is 5.82 Å². The molecule has 1 fully saturated rings. The fourth-order valence-corrected chi connectivity index (χ4v) is 2.68. The second-order valence-corrected chi connectivity index (χ2v) is 5.85. The summed E-state index contributed by atoms with van der Waals surface area (Å²) in [7, 11) is 1.74. The van der Waals surface area contributed by atoms with E-state index in [4.69, 9.17) is 0 Å². The van der Waals surface area contributed by atoms with Crippen LogP contribution in [0.4, 0.5) is 4.39 Å². The lowest BCUT2D eigenvalue weighted by molar-refractivity contribution is -0.133. The van der Waals surface area contributed by atoms with Crippen LogP contribution in [0, 0.1) is 11.2 Å². The summed E-state index contributed by atoms with van der Waals surface area (Å²) in [4.78, 5) is 13.9. The molecule has 1 atom stereocenters. The Morgan fingerprint density at radius 1 is 1.47 bits per heavy atom. The van der Waals surface area contributed by atoms with Gasteiger partial charge in [0.2, 0.25) is 5.91 Å². The molecule has 104 valence electrons. The molecule has 0 bridgehead atoms. The van der Waals surface area contributed by atoms with Crippen LogP contribution in [0.5, 0.6) is 0 Å². The van der Waals surface area contributed by atoms with Gasteiger partial charge in [-0.3, -0.25) is 4.79 Å². The number of hydrogen-bond donors (Lipinski definition) is 1. The lowest BCUT2D eigenvalue weighted by atomic mass is 10.0. The largest absolute Gasteiger partial charge is 0.339 e. The zero-order chi connectivity index (χ0) is 14.0. The molecule has 1 aromatic carbocycles. The summed E-state index contributed by atoms with van der Waals surface area (Å²) < 4.78 is 13.7. The molecule has 0 heterocycles. The first-order valence-corrected chi connectivity index (χ1v) is 7.23. The Kier molecular flexibility index (Phi) is 4.19. The molecule has 0 aliphatic heterocycles. The minimum Gasteiger partial charge on any atom is -0.339 e.